The molecule has 0 saturated heterocycles. The molecule has 2 aromatic carbocycles. The molecule has 0 spiro atoms. The predicted octanol–water partition coefficient (Wildman–Crippen LogP) is 5.59. The molecule has 1 aliphatic rings. The van der Waals surface area contributed by atoms with Crippen LogP contribution in [0.25, 0.3) is 0 Å². The Balaban J connectivity index is 2.10. The van der Waals surface area contributed by atoms with Gasteiger partial charge >= 0.3 is 18.0 Å². The Bertz CT molecular complexity index is 973. The van der Waals surface area contributed by atoms with E-state index in [1.165, 1.54) is 18.2 Å². The van der Waals surface area contributed by atoms with E-state index in [-0.39, 0.29) is 33.5 Å². The fourth-order valence-corrected chi connectivity index (χ4v) is 3.50. The van der Waals surface area contributed by atoms with Crippen LogP contribution in [0.2, 0.25) is 5.02 Å². The molecule has 1 aliphatic heterocycles. The van der Waals surface area contributed by atoms with Crippen LogP contribution in [-0.4, -0.2) is 23.4 Å². The molecule has 3 nitrogen and oxygen atoms in total. The lowest BCUT2D eigenvalue weighted by atomic mass is 9.92. The number of carbonyl (C=O) groups is 1. The molecule has 0 saturated carbocycles. The van der Waals surface area contributed by atoms with E-state index in [0.717, 1.165) is 17.9 Å². The van der Waals surface area contributed by atoms with Crippen LogP contribution in [0.3, 0.4) is 0 Å². The van der Waals surface area contributed by atoms with E-state index in [1.807, 2.05) is 0 Å². The molecule has 1 N–H and O–H groups in total. The Kier molecular flexibility index (Phi) is 4.86. The topological polar surface area (TPSA) is 40.5 Å². The highest BCUT2D eigenvalue weighted by molar-refractivity contribution is 6.32. The summed E-state index contributed by atoms with van der Waals surface area (Å²) in [6.07, 6.45) is -14.1. The number of rotatable bonds is 2. The zero-order valence-electron chi connectivity index (χ0n) is 14.4. The van der Waals surface area contributed by atoms with Gasteiger partial charge in [-0.05, 0) is 30.7 Å². The average molecular weight is 442 g/mol. The van der Waals surface area contributed by atoms with Gasteiger partial charge in [0.25, 0.3) is 5.91 Å². The number of aliphatic hydroxyl groups is 1. The summed E-state index contributed by atoms with van der Waals surface area (Å²) in [5.41, 5.74) is -7.68. The normalized spacial score (nSPS) is 17.7. The van der Waals surface area contributed by atoms with Crippen LogP contribution in [0.1, 0.15) is 33.3 Å². The molecule has 0 aromatic heterocycles. The van der Waals surface area contributed by atoms with E-state index in [1.54, 1.807) is 0 Å². The predicted molar refractivity (Wildman–Crippen MR) is 89.3 cm³/mol. The van der Waals surface area contributed by atoms with Gasteiger partial charge in [-0.1, -0.05) is 29.8 Å². The Hall–Kier alpha value is -2.33. The lowest BCUT2D eigenvalue weighted by molar-refractivity contribution is -0.348. The SMILES string of the molecule is Cc1cc(C(F)(C(F)(F)F)C(F)(F)F)ccc1N1C(=O)c2cccc(Cl)c2C1O. The van der Waals surface area contributed by atoms with Gasteiger partial charge in [0.05, 0.1) is 0 Å². The maximum Gasteiger partial charge on any atom is 0.435 e. The van der Waals surface area contributed by atoms with Crippen molar-refractivity contribution in [2.24, 2.45) is 0 Å². The molecule has 1 unspecified atom stereocenters. The molecular formula is C18H11ClF7NO2. The van der Waals surface area contributed by atoms with Crippen LogP contribution < -0.4 is 4.90 Å². The molecule has 0 bridgehead atoms. The third kappa shape index (κ3) is 3.05. The summed E-state index contributed by atoms with van der Waals surface area (Å²) in [6.45, 7) is 1.09. The van der Waals surface area contributed by atoms with Gasteiger partial charge in [-0.2, -0.15) is 26.3 Å². The maximum absolute atomic E-state index is 14.3. The summed E-state index contributed by atoms with van der Waals surface area (Å²) in [4.78, 5) is 13.3. The second-order valence-electron chi connectivity index (χ2n) is 6.41. The Morgan fingerprint density at radius 1 is 1.00 bits per heavy atom. The summed E-state index contributed by atoms with van der Waals surface area (Å²) in [5.74, 6) is -0.760. The fraction of sp³-hybridized carbons (Fsp3) is 0.278. The van der Waals surface area contributed by atoms with Crippen molar-refractivity contribution in [3.05, 3.63) is 63.7 Å². The largest absolute Gasteiger partial charge is 0.435 e. The first kappa shape index (κ1) is 21.4. The monoisotopic (exact) mass is 441 g/mol. The van der Waals surface area contributed by atoms with Crippen molar-refractivity contribution < 1.29 is 40.6 Å². The van der Waals surface area contributed by atoms with E-state index in [9.17, 15) is 40.6 Å². The highest BCUT2D eigenvalue weighted by Gasteiger charge is 2.73. The number of nitrogens with zero attached hydrogens (tertiary/aromatic N) is 1. The average Bonchev–Trinajstić information content (AvgIpc) is 2.84. The van der Waals surface area contributed by atoms with Gasteiger partial charge in [0.1, 0.15) is 0 Å². The van der Waals surface area contributed by atoms with Crippen LogP contribution in [0.15, 0.2) is 36.4 Å². The van der Waals surface area contributed by atoms with Gasteiger partial charge in [0, 0.05) is 27.4 Å². The minimum Gasteiger partial charge on any atom is -0.369 e. The van der Waals surface area contributed by atoms with E-state index in [0.29, 0.717) is 6.07 Å². The van der Waals surface area contributed by atoms with E-state index in [4.69, 9.17) is 11.6 Å². The zero-order chi connectivity index (χ0) is 21.9. The van der Waals surface area contributed by atoms with E-state index in [2.05, 4.69) is 0 Å². The Labute approximate surface area is 164 Å². The van der Waals surface area contributed by atoms with Crippen LogP contribution in [-0.2, 0) is 5.67 Å². The van der Waals surface area contributed by atoms with Crippen molar-refractivity contribution in [1.82, 2.24) is 0 Å². The van der Waals surface area contributed by atoms with Crippen molar-refractivity contribution in [2.75, 3.05) is 4.90 Å². The summed E-state index contributed by atoms with van der Waals surface area (Å²) in [6, 6.07) is 5.55. The summed E-state index contributed by atoms with van der Waals surface area (Å²) in [7, 11) is 0. The van der Waals surface area contributed by atoms with Gasteiger partial charge in [0.2, 0.25) is 0 Å². The van der Waals surface area contributed by atoms with Crippen LogP contribution >= 0.6 is 11.6 Å². The minimum atomic E-state index is -6.26. The van der Waals surface area contributed by atoms with Gasteiger partial charge in [-0.3, -0.25) is 9.69 Å². The van der Waals surface area contributed by atoms with Crippen LogP contribution in [0.4, 0.5) is 36.4 Å². The molecule has 29 heavy (non-hydrogen) atoms. The van der Waals surface area contributed by atoms with Crippen LogP contribution in [0.5, 0.6) is 0 Å². The molecule has 156 valence electrons. The standard InChI is InChI=1S/C18H11ClF7NO2/c1-8-7-9(16(20,17(21,22)23)18(24,25)26)5-6-12(8)27-14(28)10-3-2-4-11(19)13(10)15(27)29/h2-7,15,29H,1H3. The van der Waals surface area contributed by atoms with E-state index >= 15 is 0 Å². The third-order valence-electron chi connectivity index (χ3n) is 4.64. The van der Waals surface area contributed by atoms with Gasteiger partial charge in [-0.25, -0.2) is 4.39 Å². The Morgan fingerprint density at radius 3 is 2.07 bits per heavy atom. The highest BCUT2D eigenvalue weighted by atomic mass is 35.5. The molecule has 1 heterocycles. The number of amides is 1. The van der Waals surface area contributed by atoms with Crippen molar-refractivity contribution >= 4 is 23.2 Å². The van der Waals surface area contributed by atoms with E-state index < -0.39 is 35.7 Å². The lowest BCUT2D eigenvalue weighted by Gasteiger charge is -2.31. The molecule has 2 aromatic rings. The summed E-state index contributed by atoms with van der Waals surface area (Å²) >= 11 is 5.97. The van der Waals surface area contributed by atoms with Crippen LogP contribution in [0, 0.1) is 6.92 Å². The number of hydrogen-bond acceptors (Lipinski definition) is 2. The second-order valence-corrected chi connectivity index (χ2v) is 6.81. The lowest BCUT2D eigenvalue weighted by Crippen LogP contribution is -2.50. The van der Waals surface area contributed by atoms with Crippen molar-refractivity contribution in [3.8, 4) is 0 Å². The molecule has 0 radical (unpaired) electrons. The molecule has 0 fully saturated rings. The Morgan fingerprint density at radius 2 is 1.59 bits per heavy atom. The zero-order valence-corrected chi connectivity index (χ0v) is 15.1. The van der Waals surface area contributed by atoms with Gasteiger partial charge in [-0.15, -0.1) is 0 Å². The number of halogens is 8. The molecule has 1 amide bonds. The first-order chi connectivity index (χ1) is 13.2. The third-order valence-corrected chi connectivity index (χ3v) is 4.97. The molecular weight excluding hydrogens is 431 g/mol. The first-order valence-electron chi connectivity index (χ1n) is 7.95. The number of aliphatic hydroxyl groups excluding tert-OH is 1. The molecule has 11 heteroatoms. The number of carbonyl (C=O) groups excluding carboxylic acids is 1. The number of hydrogen-bond donors (Lipinski definition) is 1. The molecule has 0 aliphatic carbocycles. The number of anilines is 1. The smallest absolute Gasteiger partial charge is 0.369 e. The van der Waals surface area contributed by atoms with Gasteiger partial charge < -0.3 is 5.11 Å². The van der Waals surface area contributed by atoms with Crippen molar-refractivity contribution in [2.45, 2.75) is 31.2 Å². The van der Waals surface area contributed by atoms with Gasteiger partial charge in [0.15, 0.2) is 6.23 Å². The quantitative estimate of drug-likeness (QED) is 0.617. The van der Waals surface area contributed by atoms with Crippen molar-refractivity contribution in [3.63, 3.8) is 0 Å². The number of fused-ring (bicyclic) bond motifs is 1. The second kappa shape index (κ2) is 6.60. The molecule has 1 atom stereocenters. The van der Waals surface area contributed by atoms with Crippen molar-refractivity contribution in [1.29, 1.82) is 0 Å². The fourth-order valence-electron chi connectivity index (χ4n) is 3.23. The summed E-state index contributed by atoms with van der Waals surface area (Å²) in [5, 5.41) is 10.5. The first-order valence-corrected chi connectivity index (χ1v) is 8.33. The number of aryl methyl sites for hydroxylation is 1. The molecule has 3 rings (SSSR count). The minimum absolute atomic E-state index is 0.0268. The summed E-state index contributed by atoms with van der Waals surface area (Å²) < 4.78 is 92.0. The number of alkyl halides is 7. The number of benzene rings is 2. The maximum atomic E-state index is 14.3. The highest BCUT2D eigenvalue weighted by Crippen LogP contribution is 2.54.